The summed E-state index contributed by atoms with van der Waals surface area (Å²) in [7, 11) is 0. The zero-order valence-electron chi connectivity index (χ0n) is 24.2. The number of nitrogens with zero attached hydrogens (tertiary/aromatic N) is 1. The van der Waals surface area contributed by atoms with Crippen molar-refractivity contribution in [1.82, 2.24) is 15.5 Å². The lowest BCUT2D eigenvalue weighted by Gasteiger charge is -2.43. The van der Waals surface area contributed by atoms with Crippen molar-refractivity contribution < 1.29 is 33.8 Å². The predicted molar refractivity (Wildman–Crippen MR) is 144 cm³/mol. The van der Waals surface area contributed by atoms with Crippen LogP contribution in [-0.4, -0.2) is 64.2 Å². The summed E-state index contributed by atoms with van der Waals surface area (Å²) in [4.78, 5) is 53.5. The van der Waals surface area contributed by atoms with Crippen LogP contribution < -0.4 is 10.6 Å². The van der Waals surface area contributed by atoms with Crippen molar-refractivity contribution >= 4 is 23.9 Å². The molecule has 0 saturated heterocycles. The molecule has 0 aliphatic heterocycles. The first-order valence-electron chi connectivity index (χ1n) is 13.0. The summed E-state index contributed by atoms with van der Waals surface area (Å²) in [6.07, 6.45) is -0.502. The normalized spacial score (nSPS) is 13.3. The molecule has 0 aliphatic carbocycles. The molecule has 214 valence electrons. The van der Waals surface area contributed by atoms with Crippen LogP contribution in [0.5, 0.6) is 5.75 Å². The molecule has 10 nitrogen and oxygen atoms in total. The van der Waals surface area contributed by atoms with Crippen molar-refractivity contribution in [2.75, 3.05) is 13.2 Å². The van der Waals surface area contributed by atoms with Crippen molar-refractivity contribution in [1.29, 1.82) is 0 Å². The van der Waals surface area contributed by atoms with Crippen molar-refractivity contribution in [2.45, 2.75) is 98.4 Å². The number of rotatable bonds is 11. The molecule has 0 fully saturated rings. The number of para-hydroxylation sites is 1. The number of carbonyl (C=O) groups is 4. The number of esters is 1. The second-order valence-corrected chi connectivity index (χ2v) is 11.5. The van der Waals surface area contributed by atoms with E-state index in [1.165, 1.54) is 11.0 Å². The fraction of sp³-hybridized carbons (Fsp3) is 0.643. The van der Waals surface area contributed by atoms with E-state index in [1.807, 2.05) is 13.8 Å². The number of hydrogen-bond acceptors (Lipinski definition) is 7. The Morgan fingerprint density at radius 2 is 1.63 bits per heavy atom. The molecule has 0 saturated carbocycles. The molecular weight excluding hydrogens is 490 g/mol. The number of hydrogen-bond donors (Lipinski definition) is 3. The summed E-state index contributed by atoms with van der Waals surface area (Å²) < 4.78 is 10.3. The maximum absolute atomic E-state index is 14.1. The monoisotopic (exact) mass is 535 g/mol. The molecule has 0 spiro atoms. The van der Waals surface area contributed by atoms with E-state index in [9.17, 15) is 24.3 Å². The van der Waals surface area contributed by atoms with Gasteiger partial charge in [-0.05, 0) is 66.9 Å². The maximum atomic E-state index is 14.1. The summed E-state index contributed by atoms with van der Waals surface area (Å²) in [6, 6.07) is 4.03. The molecule has 3 N–H and O–H groups in total. The van der Waals surface area contributed by atoms with Crippen LogP contribution in [0.25, 0.3) is 0 Å². The summed E-state index contributed by atoms with van der Waals surface area (Å²) in [5, 5.41) is 16.1. The van der Waals surface area contributed by atoms with Crippen LogP contribution in [0.4, 0.5) is 4.79 Å². The number of amides is 3. The second kappa shape index (κ2) is 14.0. The highest BCUT2D eigenvalue weighted by molar-refractivity contribution is 5.93. The van der Waals surface area contributed by atoms with Crippen LogP contribution in [0.2, 0.25) is 0 Å². The molecule has 1 aromatic rings. The third-order valence-corrected chi connectivity index (χ3v) is 5.33. The number of aromatic hydroxyl groups is 1. The first kappa shape index (κ1) is 32.7. The van der Waals surface area contributed by atoms with Crippen LogP contribution in [0, 0.1) is 5.92 Å². The van der Waals surface area contributed by atoms with Crippen molar-refractivity contribution in [3.05, 3.63) is 29.8 Å². The fourth-order valence-electron chi connectivity index (χ4n) is 3.89. The minimum absolute atomic E-state index is 0.0144. The quantitative estimate of drug-likeness (QED) is 0.364. The van der Waals surface area contributed by atoms with Gasteiger partial charge < -0.3 is 30.1 Å². The molecule has 0 aromatic heterocycles. The highest BCUT2D eigenvalue weighted by atomic mass is 16.6. The number of phenols is 1. The van der Waals surface area contributed by atoms with E-state index in [0.29, 0.717) is 6.42 Å². The Labute approximate surface area is 226 Å². The van der Waals surface area contributed by atoms with Crippen LogP contribution in [-0.2, 0) is 23.9 Å². The van der Waals surface area contributed by atoms with Crippen LogP contribution in [0.3, 0.4) is 0 Å². The number of benzene rings is 1. The molecule has 0 aliphatic rings. The van der Waals surface area contributed by atoms with Gasteiger partial charge in [-0.1, -0.05) is 32.0 Å². The van der Waals surface area contributed by atoms with Crippen molar-refractivity contribution in [3.8, 4) is 5.75 Å². The Bertz CT molecular complexity index is 964. The van der Waals surface area contributed by atoms with Gasteiger partial charge in [-0.25, -0.2) is 4.79 Å². The minimum Gasteiger partial charge on any atom is -0.508 e. The maximum Gasteiger partial charge on any atom is 0.408 e. The van der Waals surface area contributed by atoms with Gasteiger partial charge in [0.15, 0.2) is 0 Å². The Balaban J connectivity index is 3.49. The number of ether oxygens (including phenoxy) is 2. The number of nitrogens with one attached hydrogen (secondary N) is 2. The Morgan fingerprint density at radius 3 is 2.13 bits per heavy atom. The van der Waals surface area contributed by atoms with E-state index >= 15 is 0 Å². The standard InChI is InChI=1S/C28H45N3O7/c1-10-37-22(33)15-16-29-24(34)23(19-13-11-12-14-21(19)32)31(27(4,5)6)25(35)20(17-18(2)3)30-26(36)38-28(7,8)9/h11-14,18,20,23,32H,10,15-17H2,1-9H3,(H,29,34)(H,30,36). The van der Waals surface area contributed by atoms with E-state index in [4.69, 9.17) is 9.47 Å². The van der Waals surface area contributed by atoms with Crippen LogP contribution in [0.15, 0.2) is 24.3 Å². The molecule has 0 radical (unpaired) electrons. The van der Waals surface area contributed by atoms with Gasteiger partial charge in [-0.2, -0.15) is 0 Å². The van der Waals surface area contributed by atoms with E-state index in [-0.39, 0.29) is 36.8 Å². The van der Waals surface area contributed by atoms with Gasteiger partial charge in [0.1, 0.15) is 23.4 Å². The highest BCUT2D eigenvalue weighted by Gasteiger charge is 2.42. The predicted octanol–water partition coefficient (Wildman–Crippen LogP) is 4.07. The smallest absolute Gasteiger partial charge is 0.408 e. The molecule has 1 aromatic carbocycles. The average molecular weight is 536 g/mol. The first-order chi connectivity index (χ1) is 17.5. The van der Waals surface area contributed by atoms with Crippen LogP contribution >= 0.6 is 0 Å². The van der Waals surface area contributed by atoms with E-state index < -0.39 is 47.1 Å². The molecule has 0 heterocycles. The van der Waals surface area contributed by atoms with E-state index in [2.05, 4.69) is 10.6 Å². The van der Waals surface area contributed by atoms with Gasteiger partial charge in [0, 0.05) is 17.6 Å². The summed E-state index contributed by atoms with van der Waals surface area (Å²) in [5.74, 6) is -1.69. The molecular formula is C28H45N3O7. The Morgan fingerprint density at radius 1 is 1.03 bits per heavy atom. The first-order valence-corrected chi connectivity index (χ1v) is 13.0. The summed E-state index contributed by atoms with van der Waals surface area (Å²) in [5.41, 5.74) is -1.46. The summed E-state index contributed by atoms with van der Waals surface area (Å²) in [6.45, 7) is 16.2. The van der Waals surface area contributed by atoms with Gasteiger partial charge in [-0.15, -0.1) is 0 Å². The molecule has 3 amide bonds. The van der Waals surface area contributed by atoms with Gasteiger partial charge >= 0.3 is 12.1 Å². The largest absolute Gasteiger partial charge is 0.508 e. The van der Waals surface area contributed by atoms with Crippen molar-refractivity contribution in [2.24, 2.45) is 5.92 Å². The Hall–Kier alpha value is -3.30. The third kappa shape index (κ3) is 10.6. The van der Waals surface area contributed by atoms with Crippen LogP contribution in [0.1, 0.15) is 86.8 Å². The highest BCUT2D eigenvalue weighted by Crippen LogP contribution is 2.34. The molecule has 2 atom stereocenters. The molecule has 2 unspecified atom stereocenters. The zero-order valence-corrected chi connectivity index (χ0v) is 24.2. The number of carbonyl (C=O) groups excluding carboxylic acids is 4. The zero-order chi connectivity index (χ0) is 29.3. The number of phenolic OH excluding ortho intramolecular Hbond substituents is 1. The number of alkyl carbamates (subject to hydrolysis) is 1. The third-order valence-electron chi connectivity index (χ3n) is 5.33. The average Bonchev–Trinajstić information content (AvgIpc) is 2.74. The second-order valence-electron chi connectivity index (χ2n) is 11.5. The molecule has 0 bridgehead atoms. The topological polar surface area (TPSA) is 134 Å². The van der Waals surface area contributed by atoms with Gasteiger partial charge in [0.25, 0.3) is 0 Å². The lowest BCUT2D eigenvalue weighted by atomic mass is 9.93. The fourth-order valence-corrected chi connectivity index (χ4v) is 3.89. The molecule has 1 rings (SSSR count). The van der Waals surface area contributed by atoms with E-state index in [1.54, 1.807) is 66.7 Å². The summed E-state index contributed by atoms with van der Waals surface area (Å²) >= 11 is 0. The molecule has 38 heavy (non-hydrogen) atoms. The molecule has 10 heteroatoms. The van der Waals surface area contributed by atoms with Gasteiger partial charge in [0.2, 0.25) is 11.8 Å². The lowest BCUT2D eigenvalue weighted by molar-refractivity contribution is -0.149. The van der Waals surface area contributed by atoms with Gasteiger partial charge in [-0.3, -0.25) is 14.4 Å². The van der Waals surface area contributed by atoms with Gasteiger partial charge in [0.05, 0.1) is 13.0 Å². The SMILES string of the molecule is CCOC(=O)CCNC(=O)C(c1ccccc1O)N(C(=O)C(CC(C)C)NC(=O)OC(C)(C)C)C(C)(C)C. The van der Waals surface area contributed by atoms with E-state index in [0.717, 1.165) is 0 Å². The minimum atomic E-state index is -1.25. The Kier molecular flexibility index (Phi) is 12.1. The van der Waals surface area contributed by atoms with Crippen molar-refractivity contribution in [3.63, 3.8) is 0 Å². The lowest BCUT2D eigenvalue weighted by Crippen LogP contribution is -2.59.